The van der Waals surface area contributed by atoms with Gasteiger partial charge in [-0.2, -0.15) is 5.10 Å². The number of benzene rings is 1. The molecule has 0 saturated carbocycles. The minimum absolute atomic E-state index is 0.0361. The molecule has 2 aromatic rings. The number of aromatic nitrogens is 2. The van der Waals surface area contributed by atoms with E-state index in [2.05, 4.69) is 20.3 Å². The summed E-state index contributed by atoms with van der Waals surface area (Å²) in [6, 6.07) is 9.88. The predicted octanol–water partition coefficient (Wildman–Crippen LogP) is 2.58. The number of nitrogens with zero attached hydrogens (tertiary/aromatic N) is 4. The van der Waals surface area contributed by atoms with E-state index in [9.17, 15) is 0 Å². The fraction of sp³-hybridized carbons (Fsp3) is 0.524. The summed E-state index contributed by atoms with van der Waals surface area (Å²) in [6.07, 6.45) is 6.26. The summed E-state index contributed by atoms with van der Waals surface area (Å²) in [5, 5.41) is 8.71. The Morgan fingerprint density at radius 1 is 1.28 bits per heavy atom. The molecule has 29 heavy (non-hydrogen) atoms. The van der Waals surface area contributed by atoms with Crippen LogP contribution in [-0.2, 0) is 9.47 Å². The normalized spacial score (nSPS) is 23.9. The van der Waals surface area contributed by atoms with E-state index in [4.69, 9.17) is 21.1 Å². The fourth-order valence-corrected chi connectivity index (χ4v) is 4.15. The maximum atomic E-state index is 6.07. The van der Waals surface area contributed by atoms with Gasteiger partial charge in [0.15, 0.2) is 5.96 Å². The third kappa shape index (κ3) is 4.91. The standard InChI is InChI=1S/C21H28ClN5O2/c1-23-21(26-11-13-29-20(15-26)19-4-2-12-28-19)24-14-18(27-10-3-9-25-27)16-5-7-17(22)8-6-16/h3,5-10,18-20H,2,4,11-15H2,1H3,(H,23,24). The first kappa shape index (κ1) is 20.2. The zero-order valence-electron chi connectivity index (χ0n) is 16.7. The maximum absolute atomic E-state index is 6.07. The van der Waals surface area contributed by atoms with Gasteiger partial charge in [-0.1, -0.05) is 23.7 Å². The topological polar surface area (TPSA) is 63.9 Å². The van der Waals surface area contributed by atoms with E-state index >= 15 is 0 Å². The molecule has 1 aromatic carbocycles. The zero-order valence-corrected chi connectivity index (χ0v) is 17.5. The first-order chi connectivity index (χ1) is 14.2. The molecule has 156 valence electrons. The Hall–Kier alpha value is -2.09. The number of hydrogen-bond donors (Lipinski definition) is 1. The molecule has 0 amide bonds. The van der Waals surface area contributed by atoms with Gasteiger partial charge >= 0.3 is 0 Å². The first-order valence-electron chi connectivity index (χ1n) is 10.2. The molecular formula is C21H28ClN5O2. The van der Waals surface area contributed by atoms with Crippen LogP contribution in [0.4, 0.5) is 0 Å². The van der Waals surface area contributed by atoms with E-state index in [0.29, 0.717) is 13.2 Å². The van der Waals surface area contributed by atoms with Crippen LogP contribution in [-0.4, -0.2) is 72.7 Å². The third-order valence-electron chi connectivity index (χ3n) is 5.54. The molecule has 1 aromatic heterocycles. The Morgan fingerprint density at radius 3 is 2.79 bits per heavy atom. The van der Waals surface area contributed by atoms with Crippen LogP contribution in [0.25, 0.3) is 0 Å². The number of ether oxygens (including phenoxy) is 2. The average molecular weight is 418 g/mol. The molecule has 4 rings (SSSR count). The minimum Gasteiger partial charge on any atom is -0.375 e. The van der Waals surface area contributed by atoms with Crippen LogP contribution in [0.2, 0.25) is 5.02 Å². The van der Waals surface area contributed by atoms with E-state index in [1.54, 1.807) is 6.20 Å². The van der Waals surface area contributed by atoms with E-state index in [1.165, 1.54) is 0 Å². The summed E-state index contributed by atoms with van der Waals surface area (Å²) in [4.78, 5) is 6.78. The summed E-state index contributed by atoms with van der Waals surface area (Å²) in [7, 11) is 1.82. The van der Waals surface area contributed by atoms with Gasteiger partial charge in [0, 0.05) is 50.7 Å². The second kappa shape index (κ2) is 9.61. The lowest BCUT2D eigenvalue weighted by molar-refractivity contribution is -0.0817. The quantitative estimate of drug-likeness (QED) is 0.598. The lowest BCUT2D eigenvalue weighted by Gasteiger charge is -2.37. The molecule has 2 fully saturated rings. The average Bonchev–Trinajstić information content (AvgIpc) is 3.47. The monoisotopic (exact) mass is 417 g/mol. The van der Waals surface area contributed by atoms with Crippen molar-refractivity contribution >= 4 is 17.6 Å². The summed E-state index contributed by atoms with van der Waals surface area (Å²) >= 11 is 6.07. The van der Waals surface area contributed by atoms with Crippen LogP contribution in [0, 0.1) is 0 Å². The fourth-order valence-electron chi connectivity index (χ4n) is 4.02. The maximum Gasteiger partial charge on any atom is 0.193 e. The highest BCUT2D eigenvalue weighted by Gasteiger charge is 2.32. The Bertz CT molecular complexity index is 790. The van der Waals surface area contributed by atoms with Crippen molar-refractivity contribution in [2.45, 2.75) is 31.1 Å². The second-order valence-corrected chi connectivity index (χ2v) is 7.82. The van der Waals surface area contributed by atoms with Crippen molar-refractivity contribution < 1.29 is 9.47 Å². The third-order valence-corrected chi connectivity index (χ3v) is 5.79. The molecule has 1 N–H and O–H groups in total. The van der Waals surface area contributed by atoms with Crippen LogP contribution in [0.3, 0.4) is 0 Å². The number of morpholine rings is 1. The summed E-state index contributed by atoms with van der Waals surface area (Å²) in [5.41, 5.74) is 1.14. The van der Waals surface area contributed by atoms with Gasteiger partial charge < -0.3 is 19.7 Å². The van der Waals surface area contributed by atoms with Crippen LogP contribution >= 0.6 is 11.6 Å². The lowest BCUT2D eigenvalue weighted by atomic mass is 10.1. The number of hydrogen-bond acceptors (Lipinski definition) is 4. The van der Waals surface area contributed by atoms with Crippen molar-refractivity contribution in [3.8, 4) is 0 Å². The van der Waals surface area contributed by atoms with Gasteiger partial charge in [0.2, 0.25) is 0 Å². The van der Waals surface area contributed by atoms with Crippen molar-refractivity contribution in [1.29, 1.82) is 0 Å². The molecule has 2 aliphatic heterocycles. The summed E-state index contributed by atoms with van der Waals surface area (Å²) < 4.78 is 13.8. The SMILES string of the molecule is CN=C(NCC(c1ccc(Cl)cc1)n1cccn1)N1CCOC(C2CCCO2)C1. The molecule has 7 nitrogen and oxygen atoms in total. The van der Waals surface area contributed by atoms with Gasteiger partial charge in [-0.25, -0.2) is 0 Å². The molecule has 0 aliphatic carbocycles. The molecule has 2 aliphatic rings. The molecule has 0 bridgehead atoms. The van der Waals surface area contributed by atoms with Crippen molar-refractivity contribution in [2.75, 3.05) is 39.9 Å². The summed E-state index contributed by atoms with van der Waals surface area (Å²) in [6.45, 7) is 3.79. The van der Waals surface area contributed by atoms with Crippen LogP contribution < -0.4 is 5.32 Å². The Balaban J connectivity index is 1.43. The van der Waals surface area contributed by atoms with Crippen molar-refractivity contribution in [3.05, 3.63) is 53.3 Å². The molecule has 3 unspecified atom stereocenters. The smallest absolute Gasteiger partial charge is 0.193 e. The van der Waals surface area contributed by atoms with Gasteiger partial charge in [0.1, 0.15) is 6.10 Å². The number of guanidine groups is 1. The number of aliphatic imine (C=N–C) groups is 1. The molecule has 0 spiro atoms. The molecule has 0 radical (unpaired) electrons. The molecular weight excluding hydrogens is 390 g/mol. The highest BCUT2D eigenvalue weighted by Crippen LogP contribution is 2.22. The number of nitrogens with one attached hydrogen (secondary N) is 1. The number of halogens is 1. The van der Waals surface area contributed by atoms with Crippen molar-refractivity contribution in [2.24, 2.45) is 4.99 Å². The number of rotatable bonds is 5. The largest absolute Gasteiger partial charge is 0.375 e. The lowest BCUT2D eigenvalue weighted by Crippen LogP contribution is -2.53. The van der Waals surface area contributed by atoms with Gasteiger partial charge in [-0.05, 0) is 36.6 Å². The Kier molecular flexibility index (Phi) is 6.69. The highest BCUT2D eigenvalue weighted by atomic mass is 35.5. The minimum atomic E-state index is 0.0361. The molecule has 3 atom stereocenters. The zero-order chi connectivity index (χ0) is 20.1. The Labute approximate surface area is 176 Å². The Morgan fingerprint density at radius 2 is 2.10 bits per heavy atom. The van der Waals surface area contributed by atoms with E-state index < -0.39 is 0 Å². The second-order valence-electron chi connectivity index (χ2n) is 7.39. The highest BCUT2D eigenvalue weighted by molar-refractivity contribution is 6.30. The summed E-state index contributed by atoms with van der Waals surface area (Å²) in [5.74, 6) is 0.877. The van der Waals surface area contributed by atoms with E-state index in [1.807, 2.05) is 48.3 Å². The van der Waals surface area contributed by atoms with E-state index in [-0.39, 0.29) is 18.2 Å². The first-order valence-corrected chi connectivity index (χ1v) is 10.6. The van der Waals surface area contributed by atoms with E-state index in [0.717, 1.165) is 49.1 Å². The van der Waals surface area contributed by atoms with Crippen LogP contribution in [0.15, 0.2) is 47.7 Å². The van der Waals surface area contributed by atoms with Crippen LogP contribution in [0.5, 0.6) is 0 Å². The molecule has 8 heteroatoms. The van der Waals surface area contributed by atoms with Gasteiger partial charge in [-0.3, -0.25) is 9.67 Å². The van der Waals surface area contributed by atoms with Gasteiger partial charge in [0.05, 0.1) is 18.8 Å². The van der Waals surface area contributed by atoms with Crippen LogP contribution in [0.1, 0.15) is 24.4 Å². The van der Waals surface area contributed by atoms with Gasteiger partial charge in [-0.15, -0.1) is 0 Å². The molecule has 2 saturated heterocycles. The van der Waals surface area contributed by atoms with Gasteiger partial charge in [0.25, 0.3) is 0 Å². The van der Waals surface area contributed by atoms with Crippen molar-refractivity contribution in [3.63, 3.8) is 0 Å². The molecule has 3 heterocycles. The van der Waals surface area contributed by atoms with Crippen molar-refractivity contribution in [1.82, 2.24) is 20.0 Å². The predicted molar refractivity (Wildman–Crippen MR) is 113 cm³/mol.